The SMILES string of the molecule is CC1CCN(c2nc(-c3ccc4cc[nH]c4c3)ccc2C(=O)NS(=O)(=O)c2cccnc2N)C1(C)C. The zero-order valence-electron chi connectivity index (χ0n) is 20.3. The number of aromatic amines is 1. The molecule has 4 N–H and O–H groups in total. The average molecular weight is 505 g/mol. The highest BCUT2D eigenvalue weighted by atomic mass is 32.2. The Bertz CT molecular complexity index is 1580. The molecule has 186 valence electrons. The van der Waals surface area contributed by atoms with Crippen LogP contribution in [0.1, 0.15) is 37.6 Å². The number of nitrogens with two attached hydrogens (primary N) is 1. The van der Waals surface area contributed by atoms with Gasteiger partial charge in [-0.3, -0.25) is 4.79 Å². The lowest BCUT2D eigenvalue weighted by atomic mass is 9.90. The highest BCUT2D eigenvalue weighted by Crippen LogP contribution is 2.39. The van der Waals surface area contributed by atoms with Crippen molar-refractivity contribution < 1.29 is 13.2 Å². The molecule has 3 aromatic heterocycles. The number of H-pyrrole nitrogens is 1. The van der Waals surface area contributed by atoms with Crippen LogP contribution in [0.4, 0.5) is 11.6 Å². The number of aromatic nitrogens is 3. The maximum Gasteiger partial charge on any atom is 0.268 e. The summed E-state index contributed by atoms with van der Waals surface area (Å²) in [7, 11) is -4.24. The molecule has 5 rings (SSSR count). The lowest BCUT2D eigenvalue weighted by Crippen LogP contribution is -2.43. The molecule has 0 spiro atoms. The van der Waals surface area contributed by atoms with Gasteiger partial charge < -0.3 is 15.6 Å². The maximum atomic E-state index is 13.4. The molecule has 0 bridgehead atoms. The van der Waals surface area contributed by atoms with Gasteiger partial charge in [-0.25, -0.2) is 23.1 Å². The Morgan fingerprint density at radius 3 is 2.72 bits per heavy atom. The number of nitrogens with zero attached hydrogens (tertiary/aromatic N) is 3. The number of hydrogen-bond donors (Lipinski definition) is 3. The van der Waals surface area contributed by atoms with Crippen molar-refractivity contribution in [3.05, 3.63) is 66.5 Å². The van der Waals surface area contributed by atoms with Crippen LogP contribution < -0.4 is 15.4 Å². The van der Waals surface area contributed by atoms with Crippen molar-refractivity contribution in [2.24, 2.45) is 5.92 Å². The summed E-state index contributed by atoms with van der Waals surface area (Å²) in [6.07, 6.45) is 4.20. The molecular weight excluding hydrogens is 476 g/mol. The van der Waals surface area contributed by atoms with Gasteiger partial charge in [0.05, 0.1) is 11.3 Å². The van der Waals surface area contributed by atoms with Crippen LogP contribution in [-0.4, -0.2) is 41.4 Å². The van der Waals surface area contributed by atoms with E-state index >= 15 is 0 Å². The number of hydrogen-bond acceptors (Lipinski definition) is 7. The first kappa shape index (κ1) is 23.8. The summed E-state index contributed by atoms with van der Waals surface area (Å²) in [6, 6.07) is 14.1. The summed E-state index contributed by atoms with van der Waals surface area (Å²) in [5.41, 5.74) is 8.20. The molecule has 0 radical (unpaired) electrons. The van der Waals surface area contributed by atoms with E-state index < -0.39 is 15.9 Å². The second-order valence-corrected chi connectivity index (χ2v) is 11.3. The first-order valence-electron chi connectivity index (χ1n) is 11.7. The topological polar surface area (TPSA) is 134 Å². The Labute approximate surface area is 209 Å². The predicted molar refractivity (Wildman–Crippen MR) is 140 cm³/mol. The van der Waals surface area contributed by atoms with Crippen LogP contribution in [-0.2, 0) is 10.0 Å². The van der Waals surface area contributed by atoms with Gasteiger partial charge in [0.15, 0.2) is 0 Å². The van der Waals surface area contributed by atoms with Gasteiger partial charge in [0.2, 0.25) is 0 Å². The zero-order valence-corrected chi connectivity index (χ0v) is 21.1. The number of rotatable bonds is 5. The highest BCUT2D eigenvalue weighted by molar-refractivity contribution is 7.90. The third-order valence-electron chi connectivity index (χ3n) is 7.23. The van der Waals surface area contributed by atoms with Crippen LogP contribution in [0.5, 0.6) is 0 Å². The molecule has 36 heavy (non-hydrogen) atoms. The Balaban J connectivity index is 1.58. The molecule has 0 saturated carbocycles. The normalized spacial score (nSPS) is 17.4. The number of fused-ring (bicyclic) bond motifs is 1. The van der Waals surface area contributed by atoms with E-state index in [9.17, 15) is 13.2 Å². The van der Waals surface area contributed by atoms with Crippen molar-refractivity contribution in [1.29, 1.82) is 0 Å². The fourth-order valence-electron chi connectivity index (χ4n) is 4.67. The number of nitrogens with one attached hydrogen (secondary N) is 2. The Morgan fingerprint density at radius 2 is 2.00 bits per heavy atom. The van der Waals surface area contributed by atoms with Gasteiger partial charge in [0.25, 0.3) is 15.9 Å². The molecular formula is C26H28N6O3S. The van der Waals surface area contributed by atoms with Gasteiger partial charge in [-0.05, 0) is 68.0 Å². The Hall–Kier alpha value is -3.92. The predicted octanol–water partition coefficient (Wildman–Crippen LogP) is 3.95. The number of nitrogen functional groups attached to an aromatic ring is 1. The molecule has 1 fully saturated rings. The minimum absolute atomic E-state index is 0.174. The van der Waals surface area contributed by atoms with Crippen molar-refractivity contribution in [1.82, 2.24) is 19.7 Å². The summed E-state index contributed by atoms with van der Waals surface area (Å²) in [6.45, 7) is 7.08. The van der Waals surface area contributed by atoms with E-state index in [0.29, 0.717) is 24.0 Å². The smallest absolute Gasteiger partial charge is 0.268 e. The third-order valence-corrected chi connectivity index (χ3v) is 8.61. The lowest BCUT2D eigenvalue weighted by Gasteiger charge is -2.36. The quantitative estimate of drug-likeness (QED) is 0.375. The minimum atomic E-state index is -4.24. The second kappa shape index (κ2) is 8.63. The zero-order chi connectivity index (χ0) is 25.7. The first-order chi connectivity index (χ1) is 17.1. The van der Waals surface area contributed by atoms with E-state index in [2.05, 4.69) is 40.4 Å². The summed E-state index contributed by atoms with van der Waals surface area (Å²) >= 11 is 0. The van der Waals surface area contributed by atoms with E-state index in [1.54, 1.807) is 12.1 Å². The van der Waals surface area contributed by atoms with Gasteiger partial charge in [0, 0.05) is 35.6 Å². The molecule has 0 aliphatic carbocycles. The summed E-state index contributed by atoms with van der Waals surface area (Å²) in [4.78, 5) is 27.2. The van der Waals surface area contributed by atoms with Gasteiger partial charge in [-0.15, -0.1) is 0 Å². The molecule has 1 amide bonds. The fraction of sp³-hybridized carbons (Fsp3) is 0.269. The van der Waals surface area contributed by atoms with Gasteiger partial charge in [0.1, 0.15) is 16.5 Å². The molecule has 1 aromatic carbocycles. The number of pyridine rings is 2. The second-order valence-electron chi connectivity index (χ2n) is 9.66. The van der Waals surface area contributed by atoms with Gasteiger partial charge in [-0.2, -0.15) is 0 Å². The molecule has 10 heteroatoms. The summed E-state index contributed by atoms with van der Waals surface area (Å²) in [5, 5.41) is 1.09. The Morgan fingerprint density at radius 1 is 1.19 bits per heavy atom. The first-order valence-corrected chi connectivity index (χ1v) is 13.2. The van der Waals surface area contributed by atoms with Crippen LogP contribution in [0, 0.1) is 5.92 Å². The number of carbonyl (C=O) groups excluding carboxylic acids is 1. The molecule has 1 atom stereocenters. The fourth-order valence-corrected chi connectivity index (χ4v) is 5.72. The largest absolute Gasteiger partial charge is 0.383 e. The minimum Gasteiger partial charge on any atom is -0.383 e. The van der Waals surface area contributed by atoms with E-state index in [4.69, 9.17) is 10.7 Å². The summed E-state index contributed by atoms with van der Waals surface area (Å²) < 4.78 is 28.0. The van der Waals surface area contributed by atoms with E-state index in [1.807, 2.05) is 30.5 Å². The number of benzene rings is 1. The lowest BCUT2D eigenvalue weighted by molar-refractivity contribution is 0.0981. The molecule has 4 aromatic rings. The van der Waals surface area contributed by atoms with Crippen molar-refractivity contribution in [3.8, 4) is 11.3 Å². The van der Waals surface area contributed by atoms with Crippen molar-refractivity contribution in [2.45, 2.75) is 37.6 Å². The standard InChI is InChI=1S/C26H28N6O3S/c1-16-11-14-32(26(16,2)3)24-19(25(33)31-36(34,35)22-5-4-12-29-23(22)27)8-9-20(30-24)18-7-6-17-10-13-28-21(17)15-18/h4-10,12-13,15-16,28H,11,14H2,1-3H3,(H2,27,29)(H,31,33). The van der Waals surface area contributed by atoms with Crippen molar-refractivity contribution in [3.63, 3.8) is 0 Å². The molecule has 1 aliphatic heterocycles. The number of carbonyl (C=O) groups is 1. The molecule has 4 heterocycles. The van der Waals surface area contributed by atoms with Crippen LogP contribution >= 0.6 is 0 Å². The molecule has 1 saturated heterocycles. The van der Waals surface area contributed by atoms with Gasteiger partial charge in [-0.1, -0.05) is 19.1 Å². The number of sulfonamides is 1. The summed E-state index contributed by atoms with van der Waals surface area (Å²) in [5.74, 6) is -0.156. The highest BCUT2D eigenvalue weighted by Gasteiger charge is 2.41. The molecule has 1 aliphatic rings. The Kier molecular flexibility index (Phi) is 5.71. The van der Waals surface area contributed by atoms with E-state index in [1.165, 1.54) is 18.3 Å². The van der Waals surface area contributed by atoms with Gasteiger partial charge >= 0.3 is 0 Å². The van der Waals surface area contributed by atoms with E-state index in [0.717, 1.165) is 22.9 Å². The number of amides is 1. The van der Waals surface area contributed by atoms with Crippen LogP contribution in [0.15, 0.2) is 65.8 Å². The average Bonchev–Trinajstić information content (AvgIpc) is 3.41. The van der Waals surface area contributed by atoms with Crippen molar-refractivity contribution >= 4 is 38.5 Å². The molecule has 1 unspecified atom stereocenters. The third kappa shape index (κ3) is 4.07. The van der Waals surface area contributed by atoms with E-state index in [-0.39, 0.29) is 21.8 Å². The van der Waals surface area contributed by atoms with Crippen LogP contribution in [0.25, 0.3) is 22.2 Å². The molecule has 9 nitrogen and oxygen atoms in total. The van der Waals surface area contributed by atoms with Crippen LogP contribution in [0.3, 0.4) is 0 Å². The maximum absolute atomic E-state index is 13.4. The van der Waals surface area contributed by atoms with Crippen LogP contribution in [0.2, 0.25) is 0 Å². The number of anilines is 2. The monoisotopic (exact) mass is 504 g/mol. The van der Waals surface area contributed by atoms with Crippen molar-refractivity contribution in [2.75, 3.05) is 17.2 Å².